The molecule has 1 atom stereocenters. The molecule has 0 radical (unpaired) electrons. The number of likely N-dealkylation sites (tertiary alicyclic amines) is 1. The lowest BCUT2D eigenvalue weighted by Crippen LogP contribution is -2.31. The van der Waals surface area contributed by atoms with E-state index in [4.69, 9.17) is 0 Å². The van der Waals surface area contributed by atoms with Crippen molar-refractivity contribution in [3.8, 4) is 0 Å². The number of nitrogens with zero attached hydrogens (tertiary/aromatic N) is 4. The number of rotatable bonds is 5. The number of aromatic nitrogens is 2. The number of carbonyl (C=O) groups is 1. The van der Waals surface area contributed by atoms with Crippen LogP contribution in [-0.2, 0) is 11.2 Å². The van der Waals surface area contributed by atoms with Crippen LogP contribution in [0.2, 0.25) is 0 Å². The predicted molar refractivity (Wildman–Crippen MR) is 99.5 cm³/mol. The number of benzene rings is 1. The zero-order valence-corrected chi connectivity index (χ0v) is 15.3. The summed E-state index contributed by atoms with van der Waals surface area (Å²) in [4.78, 5) is 16.7. The second-order valence-electron chi connectivity index (χ2n) is 6.88. The van der Waals surface area contributed by atoms with E-state index in [1.807, 2.05) is 48.2 Å². The summed E-state index contributed by atoms with van der Waals surface area (Å²) in [5.41, 5.74) is 3.40. The van der Waals surface area contributed by atoms with Gasteiger partial charge in [0.1, 0.15) is 0 Å². The van der Waals surface area contributed by atoms with Crippen molar-refractivity contribution in [2.24, 2.45) is 0 Å². The fourth-order valence-electron chi connectivity index (χ4n) is 3.40. The van der Waals surface area contributed by atoms with Crippen molar-refractivity contribution in [3.63, 3.8) is 0 Å². The number of amides is 1. The lowest BCUT2D eigenvalue weighted by atomic mass is 10.0. The van der Waals surface area contributed by atoms with Crippen LogP contribution in [0.5, 0.6) is 0 Å². The third-order valence-electron chi connectivity index (χ3n) is 4.91. The van der Waals surface area contributed by atoms with E-state index in [9.17, 15) is 4.79 Å². The molecule has 0 saturated carbocycles. The molecule has 0 aliphatic carbocycles. The fraction of sp³-hybridized carbons (Fsp3) is 0.450. The Balaban J connectivity index is 1.66. The summed E-state index contributed by atoms with van der Waals surface area (Å²) in [7, 11) is 3.89. The second kappa shape index (κ2) is 7.64. The van der Waals surface area contributed by atoms with E-state index in [1.54, 1.807) is 0 Å². The Morgan fingerprint density at radius 2 is 2.00 bits per heavy atom. The fourth-order valence-corrected chi connectivity index (χ4v) is 3.40. The number of hydrogen-bond donors (Lipinski definition) is 0. The molecular weight excluding hydrogens is 312 g/mol. The van der Waals surface area contributed by atoms with Crippen molar-refractivity contribution in [2.45, 2.75) is 38.6 Å². The van der Waals surface area contributed by atoms with E-state index in [0.717, 1.165) is 37.3 Å². The molecule has 0 bridgehead atoms. The molecule has 1 aromatic carbocycles. The highest BCUT2D eigenvalue weighted by molar-refractivity contribution is 5.77. The van der Waals surface area contributed by atoms with Gasteiger partial charge in [0.25, 0.3) is 0 Å². The first-order chi connectivity index (χ1) is 12.1. The van der Waals surface area contributed by atoms with Crippen molar-refractivity contribution < 1.29 is 4.79 Å². The van der Waals surface area contributed by atoms with Gasteiger partial charge < -0.3 is 9.80 Å². The molecule has 1 aliphatic heterocycles. The lowest BCUT2D eigenvalue weighted by Gasteiger charge is -2.24. The minimum atomic E-state index is 0.0630. The zero-order chi connectivity index (χ0) is 17.8. The summed E-state index contributed by atoms with van der Waals surface area (Å²) in [5.74, 6) is 1.04. The summed E-state index contributed by atoms with van der Waals surface area (Å²) < 4.78 is 0. The highest BCUT2D eigenvalue weighted by atomic mass is 16.2. The largest absolute Gasteiger partial charge is 0.361 e. The van der Waals surface area contributed by atoms with Crippen molar-refractivity contribution in [2.75, 3.05) is 25.5 Å². The lowest BCUT2D eigenvalue weighted by molar-refractivity contribution is -0.132. The quantitative estimate of drug-likeness (QED) is 0.840. The third kappa shape index (κ3) is 3.98. The maximum Gasteiger partial charge on any atom is 0.223 e. The first-order valence-corrected chi connectivity index (χ1v) is 8.91. The zero-order valence-electron chi connectivity index (χ0n) is 15.3. The average molecular weight is 338 g/mol. The van der Waals surface area contributed by atoms with Gasteiger partial charge in [-0.2, -0.15) is 5.10 Å². The molecule has 0 spiro atoms. The van der Waals surface area contributed by atoms with E-state index in [2.05, 4.69) is 29.3 Å². The van der Waals surface area contributed by atoms with Crippen LogP contribution in [-0.4, -0.2) is 41.6 Å². The van der Waals surface area contributed by atoms with Crippen LogP contribution in [0.15, 0.2) is 36.4 Å². The maximum atomic E-state index is 12.8. The maximum absolute atomic E-state index is 12.8. The van der Waals surface area contributed by atoms with Crippen LogP contribution in [0.3, 0.4) is 0 Å². The summed E-state index contributed by atoms with van der Waals surface area (Å²) in [5, 5.41) is 8.62. The van der Waals surface area contributed by atoms with Gasteiger partial charge in [0.2, 0.25) is 5.91 Å². The van der Waals surface area contributed by atoms with Gasteiger partial charge in [-0.3, -0.25) is 4.79 Å². The van der Waals surface area contributed by atoms with E-state index in [0.29, 0.717) is 6.42 Å². The second-order valence-corrected chi connectivity index (χ2v) is 6.88. The van der Waals surface area contributed by atoms with Gasteiger partial charge in [-0.15, -0.1) is 5.10 Å². The summed E-state index contributed by atoms with van der Waals surface area (Å²) in [6, 6.07) is 12.3. The Morgan fingerprint density at radius 1 is 1.20 bits per heavy atom. The van der Waals surface area contributed by atoms with Gasteiger partial charge in [0.05, 0.1) is 11.7 Å². The number of anilines is 1. The van der Waals surface area contributed by atoms with Gasteiger partial charge in [-0.25, -0.2) is 0 Å². The Kier molecular flexibility index (Phi) is 5.31. The molecule has 5 nitrogen and oxygen atoms in total. The topological polar surface area (TPSA) is 49.3 Å². The van der Waals surface area contributed by atoms with Crippen LogP contribution < -0.4 is 4.90 Å². The summed E-state index contributed by atoms with van der Waals surface area (Å²) in [6.07, 6.45) is 3.33. The van der Waals surface area contributed by atoms with E-state index < -0.39 is 0 Å². The average Bonchev–Trinajstić information content (AvgIpc) is 3.10. The van der Waals surface area contributed by atoms with Crippen LogP contribution >= 0.6 is 0 Å². The molecular formula is C20H26N4O. The summed E-state index contributed by atoms with van der Waals surface area (Å²) in [6.45, 7) is 2.91. The molecule has 1 amide bonds. The van der Waals surface area contributed by atoms with Crippen LogP contribution in [0, 0.1) is 6.92 Å². The van der Waals surface area contributed by atoms with Crippen LogP contribution in [0.4, 0.5) is 5.82 Å². The van der Waals surface area contributed by atoms with Gasteiger partial charge in [-0.1, -0.05) is 24.3 Å². The van der Waals surface area contributed by atoms with Gasteiger partial charge in [0.15, 0.2) is 5.82 Å². The molecule has 1 saturated heterocycles. The minimum absolute atomic E-state index is 0.0630. The highest BCUT2D eigenvalue weighted by Gasteiger charge is 2.30. The monoisotopic (exact) mass is 338 g/mol. The van der Waals surface area contributed by atoms with E-state index >= 15 is 0 Å². The molecule has 1 aromatic heterocycles. The number of hydrogen-bond acceptors (Lipinski definition) is 4. The van der Waals surface area contributed by atoms with Crippen LogP contribution in [0.1, 0.15) is 42.1 Å². The van der Waals surface area contributed by atoms with Crippen LogP contribution in [0.25, 0.3) is 0 Å². The van der Waals surface area contributed by atoms with Gasteiger partial charge in [-0.05, 0) is 49.4 Å². The first kappa shape index (κ1) is 17.4. The smallest absolute Gasteiger partial charge is 0.223 e. The predicted octanol–water partition coefficient (Wildman–Crippen LogP) is 3.15. The number of carbonyl (C=O) groups excluding carboxylic acids is 1. The SMILES string of the molecule is Cc1ccccc1CCC(=O)N1CCCC1c1ccc(N(C)C)nn1. The first-order valence-electron chi connectivity index (χ1n) is 8.91. The Bertz CT molecular complexity index is 727. The Labute approximate surface area is 149 Å². The third-order valence-corrected chi connectivity index (χ3v) is 4.91. The highest BCUT2D eigenvalue weighted by Crippen LogP contribution is 2.31. The van der Waals surface area contributed by atoms with Crippen molar-refractivity contribution >= 4 is 11.7 Å². The van der Waals surface area contributed by atoms with E-state index in [-0.39, 0.29) is 11.9 Å². The standard InChI is InChI=1S/C20H26N4O/c1-15-7-4-5-8-16(15)10-13-20(25)24-14-6-9-18(24)17-11-12-19(22-21-17)23(2)3/h4-5,7-8,11-12,18H,6,9-10,13-14H2,1-3H3. The molecule has 1 unspecified atom stereocenters. The summed E-state index contributed by atoms with van der Waals surface area (Å²) >= 11 is 0. The molecule has 2 aromatic rings. The van der Waals surface area contributed by atoms with E-state index in [1.165, 1.54) is 11.1 Å². The molecule has 0 N–H and O–H groups in total. The van der Waals surface area contributed by atoms with Crippen molar-refractivity contribution in [1.29, 1.82) is 0 Å². The molecule has 1 aliphatic rings. The molecule has 25 heavy (non-hydrogen) atoms. The number of aryl methyl sites for hydroxylation is 2. The normalized spacial score (nSPS) is 16.9. The van der Waals surface area contributed by atoms with Gasteiger partial charge >= 0.3 is 0 Å². The molecule has 132 valence electrons. The van der Waals surface area contributed by atoms with Gasteiger partial charge in [0, 0.05) is 27.1 Å². The Morgan fingerprint density at radius 3 is 2.68 bits per heavy atom. The minimum Gasteiger partial charge on any atom is -0.361 e. The molecule has 3 rings (SSSR count). The van der Waals surface area contributed by atoms with Crippen molar-refractivity contribution in [1.82, 2.24) is 15.1 Å². The molecule has 2 heterocycles. The molecule has 1 fully saturated rings. The molecule has 5 heteroatoms. The van der Waals surface area contributed by atoms with Crippen molar-refractivity contribution in [3.05, 3.63) is 53.2 Å². The Hall–Kier alpha value is -2.43.